The van der Waals surface area contributed by atoms with E-state index in [1.54, 1.807) is 0 Å². The van der Waals surface area contributed by atoms with E-state index in [2.05, 4.69) is 0 Å². The van der Waals surface area contributed by atoms with Gasteiger partial charge in [-0.05, 0) is 0 Å². The summed E-state index contributed by atoms with van der Waals surface area (Å²) in [5.74, 6) is -178. The van der Waals surface area contributed by atoms with Crippen molar-refractivity contribution in [3.8, 4) is 0 Å². The summed E-state index contributed by atoms with van der Waals surface area (Å²) in [5.41, 5.74) is 0. The molecule has 0 atom stereocenters. The fraction of sp³-hybridized carbons (Fsp3) is 0.950. The van der Waals surface area contributed by atoms with Crippen LogP contribution in [-0.2, 0) is 0 Å². The minimum atomic E-state index is -10.6. The zero-order valence-electron chi connectivity index (χ0n) is 25.2. The van der Waals surface area contributed by atoms with Gasteiger partial charge >= 0.3 is 113 Å². The van der Waals surface area contributed by atoms with Crippen molar-refractivity contribution < 1.29 is 176 Å². The minimum Gasteiger partial charge on any atom is -0.237 e. The number of alkyl halides is 39. The molecule has 0 spiro atoms. The molecule has 0 aromatic carbocycles. The van der Waals surface area contributed by atoms with Crippen LogP contribution in [0.5, 0.6) is 0 Å². The van der Waals surface area contributed by atoms with E-state index < -0.39 is 119 Å². The van der Waals surface area contributed by atoms with Crippen molar-refractivity contribution in [1.82, 2.24) is 0 Å². The van der Waals surface area contributed by atoms with Crippen LogP contribution in [0.15, 0.2) is 0 Å². The third kappa shape index (κ3) is 6.16. The summed E-state index contributed by atoms with van der Waals surface area (Å²) in [4.78, 5) is 0. The van der Waals surface area contributed by atoms with E-state index in [9.17, 15) is 176 Å². The summed E-state index contributed by atoms with van der Waals surface area (Å²) in [6.07, 6.45) is -8.50. The van der Waals surface area contributed by atoms with Crippen LogP contribution < -0.4 is 0 Å². The van der Waals surface area contributed by atoms with Crippen LogP contribution in [0.25, 0.3) is 0 Å². The van der Waals surface area contributed by atoms with Crippen molar-refractivity contribution in [2.75, 3.05) is 0 Å². The van der Waals surface area contributed by atoms with Gasteiger partial charge in [-0.15, -0.1) is 0 Å². The molecule has 0 rings (SSSR count). The standard InChI is InChI=1S/C20HF40/c21-1-2(22,23)3(24,25)4(26,27)5(28,29)6(30,31)7(32,33)8(34,35)9(36,37)10(38,39)11(40,41)12(42,43)13(44,45)14(46,47)15(48,49)16(50,51)17(52,53)18(54,55)19(56,57)20(58,59)60/h1H. The van der Waals surface area contributed by atoms with E-state index in [0.29, 0.717) is 0 Å². The summed E-state index contributed by atoms with van der Waals surface area (Å²) >= 11 is 0. The molecule has 1 radical (unpaired) electrons. The summed E-state index contributed by atoms with van der Waals surface area (Å²) in [6.45, 7) is -3.25. The number of hydrogen-bond donors (Lipinski definition) is 0. The average molecular weight is 1000 g/mol. The molecule has 0 aliphatic rings. The zero-order valence-corrected chi connectivity index (χ0v) is 25.2. The lowest BCUT2D eigenvalue weighted by Gasteiger charge is -2.47. The lowest BCUT2D eigenvalue weighted by atomic mass is 9.82. The van der Waals surface area contributed by atoms with Gasteiger partial charge < -0.3 is 0 Å². The second-order valence-electron chi connectivity index (χ2n) is 11.0. The highest BCUT2D eigenvalue weighted by atomic mass is 19.4. The first-order chi connectivity index (χ1) is 25.1. The van der Waals surface area contributed by atoms with Gasteiger partial charge in [-0.1, -0.05) is 0 Å². The molecule has 40 heteroatoms. The van der Waals surface area contributed by atoms with Gasteiger partial charge in [0.25, 0.3) is 0 Å². The smallest absolute Gasteiger partial charge is 0.237 e. The second kappa shape index (κ2) is 13.6. The molecule has 0 unspecified atom stereocenters. The van der Waals surface area contributed by atoms with Gasteiger partial charge in [0.2, 0.25) is 6.67 Å². The Kier molecular flexibility index (Phi) is 13.0. The maximum Gasteiger partial charge on any atom is 0.460 e. The van der Waals surface area contributed by atoms with E-state index in [4.69, 9.17) is 0 Å². The van der Waals surface area contributed by atoms with Crippen molar-refractivity contribution in [3.05, 3.63) is 6.67 Å². The van der Waals surface area contributed by atoms with Crippen LogP contribution in [0.4, 0.5) is 176 Å². The largest absolute Gasteiger partial charge is 0.460 e. The molecule has 361 valence electrons. The first-order valence-electron chi connectivity index (χ1n) is 12.4. The van der Waals surface area contributed by atoms with Crippen molar-refractivity contribution in [2.24, 2.45) is 0 Å². The quantitative estimate of drug-likeness (QED) is 0.120. The van der Waals surface area contributed by atoms with Crippen LogP contribution in [0.3, 0.4) is 0 Å². The second-order valence-corrected chi connectivity index (χ2v) is 11.0. The van der Waals surface area contributed by atoms with E-state index in [-0.39, 0.29) is 0 Å². The molecular weight excluding hydrogens is 1000 g/mol. The number of rotatable bonds is 18. The molecule has 0 aliphatic carbocycles. The highest BCUT2D eigenvalue weighted by Crippen LogP contribution is 2.71. The van der Waals surface area contributed by atoms with Crippen molar-refractivity contribution in [3.63, 3.8) is 0 Å². The molecule has 0 heterocycles. The lowest BCUT2D eigenvalue weighted by molar-refractivity contribution is -0.494. The fourth-order valence-electron chi connectivity index (χ4n) is 3.41. The predicted molar refractivity (Wildman–Crippen MR) is 101 cm³/mol. The maximum atomic E-state index is 13.9. The van der Waals surface area contributed by atoms with Gasteiger partial charge in [0, 0.05) is 0 Å². The Morgan fingerprint density at radius 1 is 0.150 bits per heavy atom. The maximum absolute atomic E-state index is 13.9. The predicted octanol–water partition coefficient (Wildman–Crippen LogP) is 13.1. The van der Waals surface area contributed by atoms with Gasteiger partial charge in [-0.2, -0.15) is 171 Å². The highest BCUT2D eigenvalue weighted by Gasteiger charge is 3.03. The molecule has 0 aromatic heterocycles. The Hall–Kier alpha value is -2.80. The molecule has 0 aliphatic heterocycles. The highest BCUT2D eigenvalue weighted by molar-refractivity contribution is 5.23. The summed E-state index contributed by atoms with van der Waals surface area (Å²) in [7, 11) is 0. The zero-order chi connectivity index (χ0) is 50.2. The van der Waals surface area contributed by atoms with Gasteiger partial charge in [0.05, 0.1) is 0 Å². The van der Waals surface area contributed by atoms with Crippen molar-refractivity contribution >= 4 is 0 Å². The minimum absolute atomic E-state index is 3.25. The van der Waals surface area contributed by atoms with Gasteiger partial charge in [0.1, 0.15) is 0 Å². The first-order valence-corrected chi connectivity index (χ1v) is 12.4. The van der Waals surface area contributed by atoms with Crippen molar-refractivity contribution in [1.29, 1.82) is 0 Å². The van der Waals surface area contributed by atoms with E-state index in [1.807, 2.05) is 0 Å². The Morgan fingerprint density at radius 2 is 0.250 bits per heavy atom. The molecule has 0 N–H and O–H groups in total. The Morgan fingerprint density at radius 3 is 0.350 bits per heavy atom. The Labute approximate surface area is 296 Å². The monoisotopic (exact) mass is 1000 g/mol. The van der Waals surface area contributed by atoms with E-state index >= 15 is 0 Å². The number of halogens is 40. The molecule has 0 aromatic rings. The molecule has 0 amide bonds. The molecule has 0 bridgehead atoms. The van der Waals surface area contributed by atoms with Crippen LogP contribution in [0, 0.1) is 6.67 Å². The molecular formula is C20HF40. The van der Waals surface area contributed by atoms with Crippen LogP contribution in [0.1, 0.15) is 0 Å². The molecule has 0 saturated carbocycles. The van der Waals surface area contributed by atoms with Crippen LogP contribution in [0.2, 0.25) is 0 Å². The SMILES string of the molecule is F[CH]C(F)(F)C(F)(F)C(F)(F)C(F)(F)C(F)(F)C(F)(F)C(F)(F)C(F)(F)C(F)(F)C(F)(F)C(F)(F)C(F)(F)C(F)(F)C(F)(F)C(F)(F)C(F)(F)C(F)(F)C(F)(F)C(F)(F)F. The fourth-order valence-corrected chi connectivity index (χ4v) is 3.41. The molecule has 0 saturated heterocycles. The summed E-state index contributed by atoms with van der Waals surface area (Å²) < 4.78 is 536. The summed E-state index contributed by atoms with van der Waals surface area (Å²) in [6, 6.07) is 0. The summed E-state index contributed by atoms with van der Waals surface area (Å²) in [5, 5.41) is 0. The molecule has 60 heavy (non-hydrogen) atoms. The van der Waals surface area contributed by atoms with Gasteiger partial charge in [-0.25, -0.2) is 4.39 Å². The van der Waals surface area contributed by atoms with Crippen LogP contribution >= 0.6 is 0 Å². The van der Waals surface area contributed by atoms with E-state index in [0.717, 1.165) is 0 Å². The Bertz CT molecular complexity index is 1550. The van der Waals surface area contributed by atoms with Gasteiger partial charge in [-0.3, -0.25) is 0 Å². The van der Waals surface area contributed by atoms with E-state index in [1.165, 1.54) is 0 Å². The van der Waals surface area contributed by atoms with Gasteiger partial charge in [0.15, 0.2) is 0 Å². The normalized spacial score (nSPS) is 17.4. The Balaban J connectivity index is 7.93. The topological polar surface area (TPSA) is 0 Å². The van der Waals surface area contributed by atoms with Crippen LogP contribution in [-0.4, -0.2) is 113 Å². The average Bonchev–Trinajstić information content (AvgIpc) is 3.02. The molecule has 0 nitrogen and oxygen atoms in total. The van der Waals surface area contributed by atoms with Crippen molar-refractivity contribution in [2.45, 2.75) is 113 Å². The lowest BCUT2D eigenvalue weighted by Crippen LogP contribution is -2.80. The third-order valence-electron chi connectivity index (χ3n) is 7.22. The number of hydrogen-bond acceptors (Lipinski definition) is 0. The third-order valence-corrected chi connectivity index (χ3v) is 7.22. The first kappa shape index (κ1) is 57.2. The molecule has 0 fully saturated rings.